The molecule has 0 radical (unpaired) electrons. The third-order valence-corrected chi connectivity index (χ3v) is 9.41. The van der Waals surface area contributed by atoms with Gasteiger partial charge in [0, 0.05) is 17.7 Å². The Morgan fingerprint density at radius 1 is 0.667 bits per heavy atom. The molecule has 21 heteroatoms. The predicted molar refractivity (Wildman–Crippen MR) is 173 cm³/mol. The number of phenols is 4. The van der Waals surface area contributed by atoms with Crippen LogP contribution in [-0.4, -0.2) is 172 Å². The van der Waals surface area contributed by atoms with Crippen LogP contribution in [0.15, 0.2) is 39.5 Å². The Balaban J connectivity index is 1.40. The molecule has 3 fully saturated rings. The van der Waals surface area contributed by atoms with Gasteiger partial charge in [0.2, 0.25) is 17.5 Å². The standard InChI is InChI=1S/C33H40O21/c1-9-19(39)23(43)27(47)32(49-9)54-30-25(45)21(41)17(8-48-31-26(46)24(44)20(40)16(7-34)51-31)52-33(30)53-29-22(42)18-14(38)5-11(35)6-15(18)50-28(29)10-2-3-12(36)13(37)4-10/h2-6,9,16-17,19-21,23-27,30-41,43-47H,7-8H2,1H3/t9-,16-,17-,19+,20-,21-,23-,24+,25-,26-,27-,30+,31-,32+,33-/m1/s1. The van der Waals surface area contributed by atoms with E-state index in [4.69, 9.17) is 32.8 Å². The predicted octanol–water partition coefficient (Wildman–Crippen LogP) is -3.86. The lowest BCUT2D eigenvalue weighted by Gasteiger charge is -2.46. The summed E-state index contributed by atoms with van der Waals surface area (Å²) in [4.78, 5) is 14.1. The smallest absolute Gasteiger partial charge is 0.239 e. The highest BCUT2D eigenvalue weighted by molar-refractivity contribution is 5.88. The summed E-state index contributed by atoms with van der Waals surface area (Å²) >= 11 is 0. The fourth-order valence-corrected chi connectivity index (χ4v) is 6.30. The molecule has 0 spiro atoms. The lowest BCUT2D eigenvalue weighted by Crippen LogP contribution is -2.65. The van der Waals surface area contributed by atoms with E-state index in [1.165, 1.54) is 13.0 Å². The molecule has 0 aliphatic carbocycles. The van der Waals surface area contributed by atoms with Gasteiger partial charge in [0.05, 0.1) is 19.3 Å². The molecule has 15 atom stereocenters. The molecule has 6 rings (SSSR count). The Labute approximate surface area is 303 Å². The molecule has 3 aliphatic rings. The van der Waals surface area contributed by atoms with E-state index < -0.39 is 151 Å². The zero-order valence-electron chi connectivity index (χ0n) is 28.0. The Bertz CT molecular complexity index is 1850. The van der Waals surface area contributed by atoms with Crippen LogP contribution in [0.1, 0.15) is 6.92 Å². The van der Waals surface area contributed by atoms with E-state index in [0.717, 1.165) is 24.3 Å². The van der Waals surface area contributed by atoms with Crippen LogP contribution in [0.2, 0.25) is 0 Å². The van der Waals surface area contributed by atoms with Crippen molar-refractivity contribution >= 4 is 11.0 Å². The number of aromatic hydroxyl groups is 4. The minimum Gasteiger partial charge on any atom is -0.508 e. The third kappa shape index (κ3) is 7.39. The molecule has 13 N–H and O–H groups in total. The van der Waals surface area contributed by atoms with Crippen LogP contribution in [-0.2, 0) is 23.7 Å². The number of hydrogen-bond donors (Lipinski definition) is 13. The van der Waals surface area contributed by atoms with Crippen LogP contribution in [0.25, 0.3) is 22.3 Å². The molecule has 298 valence electrons. The van der Waals surface area contributed by atoms with Gasteiger partial charge in [0.25, 0.3) is 0 Å². The summed E-state index contributed by atoms with van der Waals surface area (Å²) in [5.74, 6) is -3.79. The number of hydrogen-bond acceptors (Lipinski definition) is 21. The molecule has 1 aromatic heterocycles. The highest BCUT2D eigenvalue weighted by Gasteiger charge is 2.52. The number of ether oxygens (including phenoxy) is 6. The highest BCUT2D eigenvalue weighted by atomic mass is 16.8. The third-order valence-electron chi connectivity index (χ3n) is 9.41. The molecule has 0 saturated carbocycles. The van der Waals surface area contributed by atoms with Crippen molar-refractivity contribution in [1.82, 2.24) is 0 Å². The van der Waals surface area contributed by atoms with Crippen molar-refractivity contribution in [3.63, 3.8) is 0 Å². The van der Waals surface area contributed by atoms with Gasteiger partial charge in [-0.05, 0) is 25.1 Å². The van der Waals surface area contributed by atoms with Crippen molar-refractivity contribution in [1.29, 1.82) is 0 Å². The molecule has 3 aromatic rings. The summed E-state index contributed by atoms with van der Waals surface area (Å²) in [6.07, 6.45) is -26.5. The van der Waals surface area contributed by atoms with Crippen LogP contribution in [0.4, 0.5) is 0 Å². The summed E-state index contributed by atoms with van der Waals surface area (Å²) in [7, 11) is 0. The molecule has 4 heterocycles. The van der Waals surface area contributed by atoms with Gasteiger partial charge in [-0.1, -0.05) is 0 Å². The van der Waals surface area contributed by atoms with Crippen molar-refractivity contribution in [2.45, 2.75) is 99.0 Å². The van der Waals surface area contributed by atoms with Crippen LogP contribution in [0, 0.1) is 0 Å². The minimum absolute atomic E-state index is 0.115. The minimum atomic E-state index is -2.08. The molecule has 21 nitrogen and oxygen atoms in total. The zero-order valence-corrected chi connectivity index (χ0v) is 28.0. The first-order valence-corrected chi connectivity index (χ1v) is 16.5. The molecule has 0 amide bonds. The summed E-state index contributed by atoms with van der Waals surface area (Å²) in [5, 5.41) is 134. The Morgan fingerprint density at radius 2 is 1.31 bits per heavy atom. The normalized spacial score (nSPS) is 37.3. The Kier molecular flexibility index (Phi) is 11.5. The molecule has 0 unspecified atom stereocenters. The zero-order chi connectivity index (χ0) is 39.3. The van der Waals surface area contributed by atoms with Crippen LogP contribution in [0.3, 0.4) is 0 Å². The lowest BCUT2D eigenvalue weighted by molar-refractivity contribution is -0.360. The van der Waals surface area contributed by atoms with Gasteiger partial charge in [-0.25, -0.2) is 0 Å². The number of phenolic OH excluding ortho intramolecular Hbond substituents is 4. The van der Waals surface area contributed by atoms with Crippen LogP contribution in [0.5, 0.6) is 28.7 Å². The maximum absolute atomic E-state index is 14.1. The van der Waals surface area contributed by atoms with E-state index in [9.17, 15) is 71.2 Å². The van der Waals surface area contributed by atoms with E-state index in [2.05, 4.69) is 0 Å². The summed E-state index contributed by atoms with van der Waals surface area (Å²) < 4.78 is 39.8. The fourth-order valence-electron chi connectivity index (χ4n) is 6.30. The topological polar surface area (TPSA) is 349 Å². The van der Waals surface area contributed by atoms with Gasteiger partial charge >= 0.3 is 0 Å². The first kappa shape index (κ1) is 39.8. The monoisotopic (exact) mass is 772 g/mol. The van der Waals surface area contributed by atoms with Gasteiger partial charge in [0.15, 0.2) is 35.9 Å². The number of benzene rings is 2. The van der Waals surface area contributed by atoms with Crippen LogP contribution >= 0.6 is 0 Å². The highest BCUT2D eigenvalue weighted by Crippen LogP contribution is 2.40. The molecule has 3 saturated heterocycles. The fraction of sp³-hybridized carbons (Fsp3) is 0.545. The van der Waals surface area contributed by atoms with Crippen molar-refractivity contribution in [3.8, 4) is 40.1 Å². The second kappa shape index (κ2) is 15.7. The van der Waals surface area contributed by atoms with E-state index in [1.54, 1.807) is 0 Å². The first-order chi connectivity index (χ1) is 25.5. The maximum atomic E-state index is 14.1. The van der Waals surface area contributed by atoms with E-state index in [-0.39, 0.29) is 11.1 Å². The molecule has 54 heavy (non-hydrogen) atoms. The van der Waals surface area contributed by atoms with Crippen molar-refractivity contribution < 1.29 is 99.2 Å². The second-order valence-corrected chi connectivity index (χ2v) is 13.1. The first-order valence-electron chi connectivity index (χ1n) is 16.5. The quantitative estimate of drug-likeness (QED) is 0.0925. The van der Waals surface area contributed by atoms with E-state index >= 15 is 0 Å². The molecular weight excluding hydrogens is 732 g/mol. The second-order valence-electron chi connectivity index (χ2n) is 13.1. The number of rotatable bonds is 9. The van der Waals surface area contributed by atoms with Gasteiger partial charge in [0.1, 0.15) is 83.5 Å². The van der Waals surface area contributed by atoms with Crippen molar-refractivity contribution in [2.75, 3.05) is 13.2 Å². The molecule has 0 bridgehead atoms. The van der Waals surface area contributed by atoms with Gasteiger partial charge in [-0.2, -0.15) is 0 Å². The largest absolute Gasteiger partial charge is 0.508 e. The SMILES string of the molecule is C[C@H]1O[C@@H](O[C@@H]2[C@@H](Oc3c(-c4ccc(O)c(O)c4)oc4cc(O)cc(O)c4c3=O)O[C@H](CO[C@@H]3O[C@H](CO)[C@@H](O)[C@H](O)[C@H]3O)[C@@H](O)[C@H]2O)[C@H](O)[C@H](O)[C@H]1O. The van der Waals surface area contributed by atoms with Crippen molar-refractivity contribution in [2.24, 2.45) is 0 Å². The number of fused-ring (bicyclic) bond motifs is 1. The number of aliphatic hydroxyl groups is 9. The van der Waals surface area contributed by atoms with E-state index in [0.29, 0.717) is 0 Å². The summed E-state index contributed by atoms with van der Waals surface area (Å²) in [6, 6.07) is 5.02. The maximum Gasteiger partial charge on any atom is 0.239 e. The molecular formula is C33H40O21. The Hall–Kier alpha value is -3.91. The average molecular weight is 773 g/mol. The summed E-state index contributed by atoms with van der Waals surface area (Å²) in [6.45, 7) is -0.225. The van der Waals surface area contributed by atoms with Gasteiger partial charge in [-0.15, -0.1) is 0 Å². The lowest BCUT2D eigenvalue weighted by atomic mass is 9.97. The Morgan fingerprint density at radius 3 is 2.00 bits per heavy atom. The molecule has 2 aromatic carbocycles. The number of aliphatic hydroxyl groups excluding tert-OH is 9. The van der Waals surface area contributed by atoms with Crippen molar-refractivity contribution in [3.05, 3.63) is 40.6 Å². The van der Waals surface area contributed by atoms with E-state index in [1.807, 2.05) is 0 Å². The van der Waals surface area contributed by atoms with Gasteiger partial charge < -0.3 is 99.2 Å². The molecule has 3 aliphatic heterocycles. The average Bonchev–Trinajstić information content (AvgIpc) is 3.13. The van der Waals surface area contributed by atoms with Crippen LogP contribution < -0.4 is 10.2 Å². The van der Waals surface area contributed by atoms with Gasteiger partial charge in [-0.3, -0.25) is 4.79 Å². The summed E-state index contributed by atoms with van der Waals surface area (Å²) in [5.41, 5.74) is -1.60.